The van der Waals surface area contributed by atoms with Gasteiger partial charge < -0.3 is 19.3 Å². The Balaban J connectivity index is 1.21. The zero-order valence-electron chi connectivity index (χ0n) is 18.8. The fourth-order valence-electron chi connectivity index (χ4n) is 3.90. The van der Waals surface area contributed by atoms with Gasteiger partial charge in [-0.3, -0.25) is 9.59 Å². The molecular weight excluding hydrogens is 416 g/mol. The molecule has 0 N–H and O–H groups in total. The summed E-state index contributed by atoms with van der Waals surface area (Å²) in [6, 6.07) is 25.8. The van der Waals surface area contributed by atoms with Gasteiger partial charge in [0, 0.05) is 31.9 Å². The Morgan fingerprint density at radius 1 is 0.788 bits per heavy atom. The van der Waals surface area contributed by atoms with E-state index in [-0.39, 0.29) is 18.9 Å². The molecule has 1 amide bonds. The number of ether oxygens (including phenoxy) is 2. The normalized spacial score (nSPS) is 13.5. The molecule has 6 heteroatoms. The molecule has 4 rings (SSSR count). The summed E-state index contributed by atoms with van der Waals surface area (Å²) in [5.41, 5.74) is 4.19. The summed E-state index contributed by atoms with van der Waals surface area (Å²) in [4.78, 5) is 28.7. The van der Waals surface area contributed by atoms with Gasteiger partial charge in [0.05, 0.1) is 13.5 Å². The summed E-state index contributed by atoms with van der Waals surface area (Å²) in [5, 5.41) is 0. The van der Waals surface area contributed by atoms with Crippen molar-refractivity contribution in [3.8, 4) is 16.9 Å². The lowest BCUT2D eigenvalue weighted by molar-refractivity contribution is -0.151. The maximum absolute atomic E-state index is 12.5. The van der Waals surface area contributed by atoms with E-state index in [1.54, 1.807) is 12.0 Å². The molecule has 1 heterocycles. The molecule has 0 saturated carbocycles. The summed E-state index contributed by atoms with van der Waals surface area (Å²) in [6.45, 7) is 2.45. The van der Waals surface area contributed by atoms with Gasteiger partial charge in [-0.1, -0.05) is 54.6 Å². The lowest BCUT2D eigenvalue weighted by Gasteiger charge is -2.36. The average molecular weight is 445 g/mol. The molecule has 1 saturated heterocycles. The summed E-state index contributed by atoms with van der Waals surface area (Å²) in [5.74, 6) is 0.270. The Hall–Kier alpha value is -3.80. The van der Waals surface area contributed by atoms with Crippen molar-refractivity contribution in [2.24, 2.45) is 0 Å². The second kappa shape index (κ2) is 10.7. The van der Waals surface area contributed by atoms with E-state index in [1.165, 1.54) is 0 Å². The van der Waals surface area contributed by atoms with E-state index in [0.29, 0.717) is 13.1 Å². The monoisotopic (exact) mass is 444 g/mol. The topological polar surface area (TPSA) is 59.1 Å². The van der Waals surface area contributed by atoms with Crippen LogP contribution in [-0.4, -0.2) is 56.7 Å². The molecule has 1 aliphatic heterocycles. The number of methoxy groups -OCH3 is 1. The molecule has 0 aromatic heterocycles. The maximum atomic E-state index is 12.5. The zero-order valence-corrected chi connectivity index (χ0v) is 18.8. The van der Waals surface area contributed by atoms with Crippen LogP contribution in [0.2, 0.25) is 0 Å². The molecule has 170 valence electrons. The number of carbonyl (C=O) groups excluding carboxylic acids is 2. The number of anilines is 1. The fourth-order valence-corrected chi connectivity index (χ4v) is 3.90. The van der Waals surface area contributed by atoms with Crippen LogP contribution in [0, 0.1) is 0 Å². The molecule has 3 aromatic rings. The van der Waals surface area contributed by atoms with Gasteiger partial charge in [0.15, 0.2) is 6.61 Å². The quantitative estimate of drug-likeness (QED) is 0.519. The van der Waals surface area contributed by atoms with E-state index < -0.39 is 5.97 Å². The molecule has 6 nitrogen and oxygen atoms in total. The Kier molecular flexibility index (Phi) is 7.25. The van der Waals surface area contributed by atoms with Crippen LogP contribution in [0.1, 0.15) is 5.56 Å². The van der Waals surface area contributed by atoms with Gasteiger partial charge in [-0.05, 0) is 41.0 Å². The number of hydrogen-bond donors (Lipinski definition) is 0. The third-order valence-electron chi connectivity index (χ3n) is 5.84. The van der Waals surface area contributed by atoms with Crippen molar-refractivity contribution in [1.29, 1.82) is 0 Å². The van der Waals surface area contributed by atoms with E-state index >= 15 is 0 Å². The number of amides is 1. The standard InChI is InChI=1S/C27H28N2O4/c1-32-25-13-11-24(12-14-25)28-15-17-29(18-16-28)26(30)20-33-27(31)19-21-7-9-23(10-8-21)22-5-3-2-4-6-22/h2-14H,15-20H2,1H3. The number of carbonyl (C=O) groups is 2. The Morgan fingerprint density at radius 2 is 1.42 bits per heavy atom. The molecular formula is C27H28N2O4. The van der Waals surface area contributed by atoms with Crippen molar-refractivity contribution in [3.05, 3.63) is 84.4 Å². The third kappa shape index (κ3) is 5.92. The minimum Gasteiger partial charge on any atom is -0.497 e. The predicted octanol–water partition coefficient (Wildman–Crippen LogP) is 3.80. The number of nitrogens with zero attached hydrogens (tertiary/aromatic N) is 2. The van der Waals surface area contributed by atoms with Gasteiger partial charge in [0.25, 0.3) is 5.91 Å². The van der Waals surface area contributed by atoms with Crippen LogP contribution in [0.3, 0.4) is 0 Å². The highest BCUT2D eigenvalue weighted by Gasteiger charge is 2.22. The molecule has 0 atom stereocenters. The van der Waals surface area contributed by atoms with Crippen molar-refractivity contribution < 1.29 is 19.1 Å². The van der Waals surface area contributed by atoms with Gasteiger partial charge in [-0.15, -0.1) is 0 Å². The van der Waals surface area contributed by atoms with Crippen LogP contribution in [0.15, 0.2) is 78.9 Å². The van der Waals surface area contributed by atoms with Crippen molar-refractivity contribution in [2.45, 2.75) is 6.42 Å². The number of benzene rings is 3. The minimum atomic E-state index is -0.396. The van der Waals surface area contributed by atoms with E-state index in [1.807, 2.05) is 78.9 Å². The van der Waals surface area contributed by atoms with Crippen LogP contribution in [-0.2, 0) is 20.7 Å². The molecule has 0 radical (unpaired) electrons. The third-order valence-corrected chi connectivity index (χ3v) is 5.84. The van der Waals surface area contributed by atoms with Gasteiger partial charge in [0.1, 0.15) is 5.75 Å². The second-order valence-electron chi connectivity index (χ2n) is 7.97. The first-order valence-corrected chi connectivity index (χ1v) is 11.1. The lowest BCUT2D eigenvalue weighted by atomic mass is 10.0. The van der Waals surface area contributed by atoms with Crippen molar-refractivity contribution in [3.63, 3.8) is 0 Å². The first-order valence-electron chi connectivity index (χ1n) is 11.1. The Morgan fingerprint density at radius 3 is 2.06 bits per heavy atom. The Labute approximate surface area is 194 Å². The Bertz CT molecular complexity index is 1060. The highest BCUT2D eigenvalue weighted by atomic mass is 16.5. The van der Waals surface area contributed by atoms with Gasteiger partial charge in [-0.25, -0.2) is 0 Å². The smallest absolute Gasteiger partial charge is 0.310 e. The number of esters is 1. The molecule has 0 aliphatic carbocycles. The second-order valence-corrected chi connectivity index (χ2v) is 7.97. The van der Waals surface area contributed by atoms with Gasteiger partial charge in [-0.2, -0.15) is 0 Å². The highest BCUT2D eigenvalue weighted by molar-refractivity contribution is 5.81. The van der Waals surface area contributed by atoms with Crippen LogP contribution < -0.4 is 9.64 Å². The van der Waals surface area contributed by atoms with Crippen molar-refractivity contribution in [2.75, 3.05) is 44.8 Å². The van der Waals surface area contributed by atoms with E-state index in [0.717, 1.165) is 41.2 Å². The largest absolute Gasteiger partial charge is 0.497 e. The van der Waals surface area contributed by atoms with Gasteiger partial charge >= 0.3 is 5.97 Å². The predicted molar refractivity (Wildman–Crippen MR) is 128 cm³/mol. The minimum absolute atomic E-state index is 0.146. The molecule has 3 aromatic carbocycles. The van der Waals surface area contributed by atoms with E-state index in [9.17, 15) is 9.59 Å². The maximum Gasteiger partial charge on any atom is 0.310 e. The molecule has 33 heavy (non-hydrogen) atoms. The number of rotatable bonds is 7. The van der Waals surface area contributed by atoms with Crippen molar-refractivity contribution in [1.82, 2.24) is 4.90 Å². The average Bonchev–Trinajstić information content (AvgIpc) is 2.88. The summed E-state index contributed by atoms with van der Waals surface area (Å²) in [7, 11) is 1.65. The number of hydrogen-bond acceptors (Lipinski definition) is 5. The van der Waals surface area contributed by atoms with Crippen LogP contribution >= 0.6 is 0 Å². The van der Waals surface area contributed by atoms with E-state index in [4.69, 9.17) is 9.47 Å². The molecule has 0 unspecified atom stereocenters. The first-order chi connectivity index (χ1) is 16.1. The number of piperazine rings is 1. The molecule has 1 aliphatic rings. The fraction of sp³-hybridized carbons (Fsp3) is 0.259. The first kappa shape index (κ1) is 22.4. The lowest BCUT2D eigenvalue weighted by Crippen LogP contribution is -2.49. The van der Waals surface area contributed by atoms with Crippen LogP contribution in [0.5, 0.6) is 5.75 Å². The van der Waals surface area contributed by atoms with Crippen molar-refractivity contribution >= 4 is 17.6 Å². The summed E-state index contributed by atoms with van der Waals surface area (Å²) in [6.07, 6.45) is 0.146. The molecule has 0 bridgehead atoms. The van der Waals surface area contributed by atoms with Crippen LogP contribution in [0.4, 0.5) is 5.69 Å². The molecule has 1 fully saturated rings. The van der Waals surface area contributed by atoms with Crippen LogP contribution in [0.25, 0.3) is 11.1 Å². The summed E-state index contributed by atoms with van der Waals surface area (Å²) < 4.78 is 10.5. The highest BCUT2D eigenvalue weighted by Crippen LogP contribution is 2.21. The zero-order chi connectivity index (χ0) is 23.0. The van der Waals surface area contributed by atoms with Gasteiger partial charge in [0.2, 0.25) is 0 Å². The molecule has 0 spiro atoms. The summed E-state index contributed by atoms with van der Waals surface area (Å²) >= 11 is 0. The van der Waals surface area contributed by atoms with E-state index in [2.05, 4.69) is 4.90 Å². The SMILES string of the molecule is COc1ccc(N2CCN(C(=O)COC(=O)Cc3ccc(-c4ccccc4)cc3)CC2)cc1.